The van der Waals surface area contributed by atoms with Gasteiger partial charge >= 0.3 is 0 Å². The largest absolute Gasteiger partial charge is 0.378 e. The molecule has 1 amide bonds. The van der Waals surface area contributed by atoms with Gasteiger partial charge in [-0.05, 0) is 31.7 Å². The van der Waals surface area contributed by atoms with Crippen molar-refractivity contribution in [1.29, 1.82) is 0 Å². The lowest BCUT2D eigenvalue weighted by atomic mass is 10.1. The van der Waals surface area contributed by atoms with Gasteiger partial charge in [-0.15, -0.1) is 0 Å². The van der Waals surface area contributed by atoms with Crippen LogP contribution in [-0.4, -0.2) is 33.7 Å². The summed E-state index contributed by atoms with van der Waals surface area (Å²) in [7, 11) is 1.58. The summed E-state index contributed by atoms with van der Waals surface area (Å²) >= 11 is 0. The van der Waals surface area contributed by atoms with Gasteiger partial charge in [-0.1, -0.05) is 30.3 Å². The second-order valence-electron chi connectivity index (χ2n) is 7.56. The van der Waals surface area contributed by atoms with Crippen molar-refractivity contribution in [2.24, 2.45) is 0 Å². The average molecular weight is 423 g/mol. The van der Waals surface area contributed by atoms with Crippen molar-refractivity contribution < 1.29 is 9.53 Å². The van der Waals surface area contributed by atoms with Crippen LogP contribution in [0.25, 0.3) is 0 Å². The van der Waals surface area contributed by atoms with Gasteiger partial charge in [-0.2, -0.15) is 0 Å². The van der Waals surface area contributed by atoms with Gasteiger partial charge < -0.3 is 19.2 Å². The summed E-state index contributed by atoms with van der Waals surface area (Å²) in [6, 6.07) is 11.8. The Hall–Kier alpha value is -3.19. The van der Waals surface area contributed by atoms with Crippen LogP contribution in [0.5, 0.6) is 0 Å². The lowest BCUT2D eigenvalue weighted by Crippen LogP contribution is -2.33. The van der Waals surface area contributed by atoms with Gasteiger partial charge in [0, 0.05) is 50.9 Å². The monoisotopic (exact) mass is 422 g/mol. The topological polar surface area (TPSA) is 78.2 Å². The number of aryl methyl sites for hydroxylation is 3. The number of nitrogens with zero attached hydrogens (tertiary/aromatic N) is 3. The maximum Gasteiger partial charge on any atom is 0.257 e. The lowest BCUT2D eigenvalue weighted by molar-refractivity contribution is 0.0944. The van der Waals surface area contributed by atoms with E-state index in [0.29, 0.717) is 18.8 Å². The zero-order chi connectivity index (χ0) is 22.1. The number of imidazole rings is 1. The lowest BCUT2D eigenvalue weighted by Gasteiger charge is -2.20. The van der Waals surface area contributed by atoms with Crippen molar-refractivity contribution >= 4 is 5.91 Å². The van der Waals surface area contributed by atoms with Crippen molar-refractivity contribution in [2.45, 2.75) is 45.9 Å². The number of carbonyl (C=O) groups is 1. The molecular weight excluding hydrogens is 392 g/mol. The van der Waals surface area contributed by atoms with E-state index in [1.54, 1.807) is 25.7 Å². The SMILES string of the molecule is COCc1c(C(=O)NCCCn2ccnc2)c(=O)cc(C)n1CCCc1ccccc1. The van der Waals surface area contributed by atoms with Gasteiger partial charge in [0.1, 0.15) is 5.56 Å². The Morgan fingerprint density at radius 2 is 1.97 bits per heavy atom. The van der Waals surface area contributed by atoms with E-state index in [9.17, 15) is 9.59 Å². The zero-order valence-corrected chi connectivity index (χ0v) is 18.2. The molecule has 0 saturated carbocycles. The van der Waals surface area contributed by atoms with Crippen LogP contribution >= 0.6 is 0 Å². The summed E-state index contributed by atoms with van der Waals surface area (Å²) in [5, 5.41) is 2.89. The molecule has 0 saturated heterocycles. The Bertz CT molecular complexity index is 1030. The van der Waals surface area contributed by atoms with E-state index in [1.165, 1.54) is 5.56 Å². The standard InChI is InChI=1S/C24H30N4O3/c1-19-16-22(29)23(24(30)26-11-7-13-27-15-12-25-18-27)21(17-31-2)28(19)14-6-10-20-8-4-3-5-9-20/h3-5,8-9,12,15-16,18H,6-7,10-11,13-14,17H2,1-2H3,(H,26,30). The molecule has 0 radical (unpaired) electrons. The maximum absolute atomic E-state index is 12.9. The Kier molecular flexibility index (Phi) is 8.18. The molecule has 31 heavy (non-hydrogen) atoms. The first-order chi connectivity index (χ1) is 15.1. The van der Waals surface area contributed by atoms with Gasteiger partial charge in [0.15, 0.2) is 5.43 Å². The van der Waals surface area contributed by atoms with E-state index in [0.717, 1.165) is 31.5 Å². The minimum Gasteiger partial charge on any atom is -0.378 e. The van der Waals surface area contributed by atoms with E-state index in [4.69, 9.17) is 4.74 Å². The molecule has 2 aromatic heterocycles. The number of pyridine rings is 1. The molecule has 1 aromatic carbocycles. The van der Waals surface area contributed by atoms with Gasteiger partial charge in [0.25, 0.3) is 5.91 Å². The van der Waals surface area contributed by atoms with E-state index in [1.807, 2.05) is 40.5 Å². The molecule has 1 N–H and O–H groups in total. The number of ether oxygens (including phenoxy) is 1. The van der Waals surface area contributed by atoms with E-state index in [-0.39, 0.29) is 23.5 Å². The van der Waals surface area contributed by atoms with Crippen LogP contribution in [0.3, 0.4) is 0 Å². The summed E-state index contributed by atoms with van der Waals surface area (Å²) in [5.41, 5.74) is 2.64. The molecule has 0 aliphatic heterocycles. The predicted molar refractivity (Wildman–Crippen MR) is 120 cm³/mol. The van der Waals surface area contributed by atoms with Gasteiger partial charge in [0.05, 0.1) is 18.6 Å². The smallest absolute Gasteiger partial charge is 0.257 e. The molecule has 0 spiro atoms. The highest BCUT2D eigenvalue weighted by Crippen LogP contribution is 2.13. The Morgan fingerprint density at radius 3 is 2.68 bits per heavy atom. The Morgan fingerprint density at radius 1 is 1.16 bits per heavy atom. The van der Waals surface area contributed by atoms with Crippen LogP contribution < -0.4 is 10.7 Å². The molecule has 7 nitrogen and oxygen atoms in total. The number of benzene rings is 1. The molecular formula is C24H30N4O3. The minimum atomic E-state index is -0.348. The van der Waals surface area contributed by atoms with Gasteiger partial charge in [-0.25, -0.2) is 4.98 Å². The number of aromatic nitrogens is 3. The fraction of sp³-hybridized carbons (Fsp3) is 0.375. The predicted octanol–water partition coefficient (Wildman–Crippen LogP) is 2.95. The van der Waals surface area contributed by atoms with Crippen LogP contribution in [0.15, 0.2) is 59.9 Å². The highest BCUT2D eigenvalue weighted by molar-refractivity contribution is 5.95. The van der Waals surface area contributed by atoms with E-state index in [2.05, 4.69) is 22.4 Å². The summed E-state index contributed by atoms with van der Waals surface area (Å²) in [5.74, 6) is -0.348. The van der Waals surface area contributed by atoms with Crippen molar-refractivity contribution in [3.8, 4) is 0 Å². The third-order valence-corrected chi connectivity index (χ3v) is 5.26. The first kappa shape index (κ1) is 22.5. The Labute approximate surface area is 182 Å². The zero-order valence-electron chi connectivity index (χ0n) is 18.2. The highest BCUT2D eigenvalue weighted by atomic mass is 16.5. The molecule has 0 unspecified atom stereocenters. The maximum atomic E-state index is 12.9. The van der Waals surface area contributed by atoms with Crippen molar-refractivity contribution in [3.63, 3.8) is 0 Å². The van der Waals surface area contributed by atoms with E-state index >= 15 is 0 Å². The third-order valence-electron chi connectivity index (χ3n) is 5.26. The minimum absolute atomic E-state index is 0.176. The average Bonchev–Trinajstić information content (AvgIpc) is 3.28. The number of hydrogen-bond acceptors (Lipinski definition) is 4. The second-order valence-corrected chi connectivity index (χ2v) is 7.56. The van der Waals surface area contributed by atoms with Crippen LogP contribution in [0.4, 0.5) is 0 Å². The normalized spacial score (nSPS) is 10.9. The van der Waals surface area contributed by atoms with Crippen LogP contribution in [-0.2, 0) is 30.9 Å². The number of methoxy groups -OCH3 is 1. The number of carbonyl (C=O) groups excluding carboxylic acids is 1. The molecule has 7 heteroatoms. The van der Waals surface area contributed by atoms with Crippen molar-refractivity contribution in [2.75, 3.05) is 13.7 Å². The molecule has 164 valence electrons. The molecule has 3 rings (SSSR count). The quantitative estimate of drug-likeness (QED) is 0.482. The number of nitrogens with one attached hydrogen (secondary N) is 1. The molecule has 0 atom stereocenters. The summed E-state index contributed by atoms with van der Waals surface area (Å²) < 4.78 is 9.35. The van der Waals surface area contributed by atoms with Crippen LogP contribution in [0, 0.1) is 6.92 Å². The fourth-order valence-corrected chi connectivity index (χ4v) is 3.73. The summed E-state index contributed by atoms with van der Waals surface area (Å²) in [4.78, 5) is 29.6. The molecule has 2 heterocycles. The molecule has 0 aliphatic rings. The number of amides is 1. The first-order valence-corrected chi connectivity index (χ1v) is 10.6. The van der Waals surface area contributed by atoms with Gasteiger partial charge in [-0.3, -0.25) is 9.59 Å². The van der Waals surface area contributed by atoms with Crippen LogP contribution in [0.1, 0.15) is 40.2 Å². The van der Waals surface area contributed by atoms with Gasteiger partial charge in [0.2, 0.25) is 0 Å². The third kappa shape index (κ3) is 6.15. The second kappa shape index (κ2) is 11.3. The molecule has 3 aromatic rings. The summed E-state index contributed by atoms with van der Waals surface area (Å²) in [6.45, 7) is 4.05. The van der Waals surface area contributed by atoms with E-state index < -0.39 is 0 Å². The Balaban J connectivity index is 1.71. The number of rotatable bonds is 11. The van der Waals surface area contributed by atoms with Crippen molar-refractivity contribution in [3.05, 3.63) is 87.9 Å². The highest BCUT2D eigenvalue weighted by Gasteiger charge is 2.20. The molecule has 0 aliphatic carbocycles. The molecule has 0 bridgehead atoms. The first-order valence-electron chi connectivity index (χ1n) is 10.6. The summed E-state index contributed by atoms with van der Waals surface area (Å²) in [6.07, 6.45) is 7.92. The molecule has 0 fully saturated rings. The number of hydrogen-bond donors (Lipinski definition) is 1. The van der Waals surface area contributed by atoms with Crippen LogP contribution in [0.2, 0.25) is 0 Å². The van der Waals surface area contributed by atoms with Crippen molar-refractivity contribution in [1.82, 2.24) is 19.4 Å². The fourth-order valence-electron chi connectivity index (χ4n) is 3.73.